The summed E-state index contributed by atoms with van der Waals surface area (Å²) in [6, 6.07) is 0.658. The predicted molar refractivity (Wildman–Crippen MR) is 53.4 cm³/mol. The van der Waals surface area contributed by atoms with Gasteiger partial charge in [-0.25, -0.2) is 0 Å². The molecule has 0 fully saturated rings. The lowest BCUT2D eigenvalue weighted by atomic mass is 9.95. The second-order valence-electron chi connectivity index (χ2n) is 3.44. The Balaban J connectivity index is 3.60. The van der Waals surface area contributed by atoms with Crippen LogP contribution in [0, 0.1) is 5.92 Å². The molecule has 0 spiro atoms. The Morgan fingerprint density at radius 2 is 2.00 bits per heavy atom. The molecule has 0 bridgehead atoms. The molecule has 2 heteroatoms. The summed E-state index contributed by atoms with van der Waals surface area (Å²) in [6.07, 6.45) is 3.67. The van der Waals surface area contributed by atoms with E-state index < -0.39 is 0 Å². The zero-order valence-corrected chi connectivity index (χ0v) is 8.89. The maximum atomic E-state index is 5.06. The summed E-state index contributed by atoms with van der Waals surface area (Å²) >= 11 is 0. The molecule has 0 aromatic heterocycles. The highest BCUT2D eigenvalue weighted by atomic mass is 16.5. The molecule has 0 aromatic rings. The van der Waals surface area contributed by atoms with E-state index in [0.717, 1.165) is 18.9 Å². The summed E-state index contributed by atoms with van der Waals surface area (Å²) in [6.45, 7) is 5.40. The number of hydrogen-bond donors (Lipinski definition) is 1. The van der Waals surface area contributed by atoms with Gasteiger partial charge in [-0.2, -0.15) is 0 Å². The van der Waals surface area contributed by atoms with Crippen LogP contribution in [0.15, 0.2) is 0 Å². The second kappa shape index (κ2) is 7.56. The molecule has 1 N–H and O–H groups in total. The standard InChI is InChI=1S/C10H23NO/c1-5-6-10(11-3)9(2)7-8-12-4/h9-11H,5-8H2,1-4H3. The molecule has 0 aliphatic heterocycles. The highest BCUT2D eigenvalue weighted by Crippen LogP contribution is 2.12. The minimum atomic E-state index is 0.658. The van der Waals surface area contributed by atoms with E-state index in [-0.39, 0.29) is 0 Å². The van der Waals surface area contributed by atoms with Crippen molar-refractivity contribution in [1.29, 1.82) is 0 Å². The third-order valence-corrected chi connectivity index (χ3v) is 2.43. The van der Waals surface area contributed by atoms with Gasteiger partial charge >= 0.3 is 0 Å². The number of hydrogen-bond acceptors (Lipinski definition) is 2. The molecule has 0 aliphatic carbocycles. The van der Waals surface area contributed by atoms with Crippen LogP contribution in [0.2, 0.25) is 0 Å². The Bertz CT molecular complexity index is 95.8. The van der Waals surface area contributed by atoms with E-state index in [1.807, 2.05) is 7.05 Å². The Morgan fingerprint density at radius 1 is 1.33 bits per heavy atom. The van der Waals surface area contributed by atoms with Crippen molar-refractivity contribution in [2.75, 3.05) is 20.8 Å². The average Bonchev–Trinajstić information content (AvgIpc) is 2.10. The number of nitrogens with one attached hydrogen (secondary N) is 1. The number of ether oxygens (including phenoxy) is 1. The molecule has 0 aromatic carbocycles. The Morgan fingerprint density at radius 3 is 2.42 bits per heavy atom. The summed E-state index contributed by atoms with van der Waals surface area (Å²) in [5, 5.41) is 3.36. The predicted octanol–water partition coefficient (Wildman–Crippen LogP) is 2.05. The van der Waals surface area contributed by atoms with Gasteiger partial charge < -0.3 is 10.1 Å². The first-order valence-corrected chi connectivity index (χ1v) is 4.92. The fourth-order valence-corrected chi connectivity index (χ4v) is 1.53. The zero-order chi connectivity index (χ0) is 9.40. The largest absolute Gasteiger partial charge is 0.385 e. The molecule has 0 radical (unpaired) electrons. The third kappa shape index (κ3) is 4.73. The van der Waals surface area contributed by atoms with Crippen molar-refractivity contribution in [3.8, 4) is 0 Å². The van der Waals surface area contributed by atoms with Crippen LogP contribution in [-0.4, -0.2) is 26.8 Å². The average molecular weight is 173 g/mol. The first kappa shape index (κ1) is 11.9. The molecule has 12 heavy (non-hydrogen) atoms. The highest BCUT2D eigenvalue weighted by molar-refractivity contribution is 4.70. The van der Waals surface area contributed by atoms with Crippen LogP contribution in [0.25, 0.3) is 0 Å². The van der Waals surface area contributed by atoms with Crippen LogP contribution in [0.5, 0.6) is 0 Å². The van der Waals surface area contributed by atoms with Crippen molar-refractivity contribution in [3.63, 3.8) is 0 Å². The van der Waals surface area contributed by atoms with Crippen LogP contribution in [0.1, 0.15) is 33.1 Å². The summed E-state index contributed by atoms with van der Waals surface area (Å²) in [7, 11) is 3.81. The van der Waals surface area contributed by atoms with Gasteiger partial charge in [-0.05, 0) is 25.8 Å². The first-order valence-electron chi connectivity index (χ1n) is 4.92. The monoisotopic (exact) mass is 173 g/mol. The summed E-state index contributed by atoms with van der Waals surface area (Å²) in [5.74, 6) is 0.717. The SMILES string of the molecule is CCCC(NC)C(C)CCOC. The molecule has 0 heterocycles. The van der Waals surface area contributed by atoms with Gasteiger partial charge in [-0.15, -0.1) is 0 Å². The molecular formula is C10H23NO. The quantitative estimate of drug-likeness (QED) is 0.636. The van der Waals surface area contributed by atoms with Gasteiger partial charge in [0.05, 0.1) is 0 Å². The lowest BCUT2D eigenvalue weighted by Crippen LogP contribution is -2.32. The summed E-state index contributed by atoms with van der Waals surface area (Å²) in [4.78, 5) is 0. The van der Waals surface area contributed by atoms with Gasteiger partial charge in [-0.3, -0.25) is 0 Å². The molecule has 0 saturated carbocycles. The van der Waals surface area contributed by atoms with E-state index >= 15 is 0 Å². The smallest absolute Gasteiger partial charge is 0.0465 e. The van der Waals surface area contributed by atoms with Crippen LogP contribution in [0.4, 0.5) is 0 Å². The van der Waals surface area contributed by atoms with Crippen LogP contribution in [-0.2, 0) is 4.74 Å². The minimum absolute atomic E-state index is 0.658. The summed E-state index contributed by atoms with van der Waals surface area (Å²) < 4.78 is 5.06. The van der Waals surface area contributed by atoms with Crippen molar-refractivity contribution >= 4 is 0 Å². The maximum Gasteiger partial charge on any atom is 0.0465 e. The van der Waals surface area contributed by atoms with E-state index in [1.54, 1.807) is 7.11 Å². The van der Waals surface area contributed by atoms with E-state index in [1.165, 1.54) is 12.8 Å². The topological polar surface area (TPSA) is 21.3 Å². The van der Waals surface area contributed by atoms with Crippen molar-refractivity contribution in [3.05, 3.63) is 0 Å². The molecule has 2 atom stereocenters. The van der Waals surface area contributed by atoms with Crippen LogP contribution in [0.3, 0.4) is 0 Å². The number of methoxy groups -OCH3 is 1. The van der Waals surface area contributed by atoms with Gasteiger partial charge in [0.2, 0.25) is 0 Å². The van der Waals surface area contributed by atoms with Crippen LogP contribution < -0.4 is 5.32 Å². The molecule has 0 saturated heterocycles. The van der Waals surface area contributed by atoms with Crippen molar-refractivity contribution in [2.45, 2.75) is 39.2 Å². The van der Waals surface area contributed by atoms with Gasteiger partial charge in [0.25, 0.3) is 0 Å². The second-order valence-corrected chi connectivity index (χ2v) is 3.44. The fourth-order valence-electron chi connectivity index (χ4n) is 1.53. The Kier molecular flexibility index (Phi) is 7.51. The lowest BCUT2D eigenvalue weighted by Gasteiger charge is -2.22. The highest BCUT2D eigenvalue weighted by Gasteiger charge is 2.13. The Labute approximate surface area is 76.7 Å². The molecule has 0 aliphatic rings. The van der Waals surface area contributed by atoms with Gasteiger partial charge in [-0.1, -0.05) is 20.3 Å². The van der Waals surface area contributed by atoms with E-state index in [9.17, 15) is 0 Å². The molecular weight excluding hydrogens is 150 g/mol. The van der Waals surface area contributed by atoms with E-state index in [2.05, 4.69) is 19.2 Å². The molecule has 2 nitrogen and oxygen atoms in total. The fraction of sp³-hybridized carbons (Fsp3) is 1.00. The van der Waals surface area contributed by atoms with Crippen molar-refractivity contribution in [2.24, 2.45) is 5.92 Å². The van der Waals surface area contributed by atoms with Crippen molar-refractivity contribution in [1.82, 2.24) is 5.32 Å². The van der Waals surface area contributed by atoms with Gasteiger partial charge in [0, 0.05) is 19.8 Å². The first-order chi connectivity index (χ1) is 5.76. The van der Waals surface area contributed by atoms with E-state index in [0.29, 0.717) is 6.04 Å². The third-order valence-electron chi connectivity index (χ3n) is 2.43. The summed E-state index contributed by atoms with van der Waals surface area (Å²) in [5.41, 5.74) is 0. The lowest BCUT2D eigenvalue weighted by molar-refractivity contribution is 0.169. The van der Waals surface area contributed by atoms with Crippen LogP contribution >= 0.6 is 0 Å². The molecule has 2 unspecified atom stereocenters. The zero-order valence-electron chi connectivity index (χ0n) is 8.89. The van der Waals surface area contributed by atoms with Gasteiger partial charge in [0.1, 0.15) is 0 Å². The normalized spacial score (nSPS) is 16.0. The molecule has 0 rings (SSSR count). The maximum absolute atomic E-state index is 5.06. The van der Waals surface area contributed by atoms with Crippen molar-refractivity contribution < 1.29 is 4.74 Å². The number of rotatable bonds is 7. The molecule has 74 valence electrons. The van der Waals surface area contributed by atoms with E-state index in [4.69, 9.17) is 4.74 Å². The molecule has 0 amide bonds. The Hall–Kier alpha value is -0.0800. The minimum Gasteiger partial charge on any atom is -0.385 e. The van der Waals surface area contributed by atoms with Gasteiger partial charge in [0.15, 0.2) is 0 Å².